The molecule has 0 amide bonds. The number of carbonyl (C=O) groups is 1. The van der Waals surface area contributed by atoms with Crippen molar-refractivity contribution in [2.24, 2.45) is 0 Å². The summed E-state index contributed by atoms with van der Waals surface area (Å²) in [6.45, 7) is 2.04. The van der Waals surface area contributed by atoms with Crippen molar-refractivity contribution in [3.05, 3.63) is 91.8 Å². The van der Waals surface area contributed by atoms with E-state index in [4.69, 9.17) is 9.84 Å². The Bertz CT molecular complexity index is 1210. The molecular formula is C23H19BrF3NO5. The Balaban J connectivity index is 1.80. The van der Waals surface area contributed by atoms with Crippen LogP contribution >= 0.6 is 15.9 Å². The van der Waals surface area contributed by atoms with Gasteiger partial charge in [0.1, 0.15) is 18.1 Å². The smallest absolute Gasteiger partial charge is 0.487 e. The first-order valence-corrected chi connectivity index (χ1v) is 10.5. The highest BCUT2D eigenvalue weighted by atomic mass is 79.9. The molecule has 3 rings (SSSR count). The van der Waals surface area contributed by atoms with Gasteiger partial charge in [0.05, 0.1) is 15.7 Å². The molecule has 0 atom stereocenters. The molecule has 6 nitrogen and oxygen atoms in total. The van der Waals surface area contributed by atoms with Crippen LogP contribution in [0.3, 0.4) is 0 Å². The maximum atomic E-state index is 12.8. The van der Waals surface area contributed by atoms with E-state index in [0.29, 0.717) is 23.1 Å². The number of ether oxygens (including phenoxy) is 2. The molecule has 1 aromatic heterocycles. The molecule has 0 fully saturated rings. The van der Waals surface area contributed by atoms with Crippen molar-refractivity contribution in [3.8, 4) is 11.5 Å². The zero-order valence-corrected chi connectivity index (χ0v) is 18.9. The van der Waals surface area contributed by atoms with Crippen molar-refractivity contribution in [2.45, 2.75) is 32.9 Å². The predicted molar refractivity (Wildman–Crippen MR) is 118 cm³/mol. The lowest BCUT2D eigenvalue weighted by Crippen LogP contribution is -2.27. The van der Waals surface area contributed by atoms with Crippen LogP contribution < -0.4 is 15.0 Å². The van der Waals surface area contributed by atoms with E-state index in [9.17, 15) is 22.8 Å². The lowest BCUT2D eigenvalue weighted by molar-refractivity contribution is -0.274. The van der Waals surface area contributed by atoms with Gasteiger partial charge in [0.15, 0.2) is 0 Å². The number of benzene rings is 2. The summed E-state index contributed by atoms with van der Waals surface area (Å²) in [6.07, 6.45) is -4.36. The first-order chi connectivity index (χ1) is 15.5. The minimum Gasteiger partial charge on any atom is -0.487 e. The number of rotatable bonds is 8. The Hall–Kier alpha value is -3.27. The number of nitrogens with zero attached hydrogens (tertiary/aromatic N) is 1. The maximum absolute atomic E-state index is 12.8. The highest BCUT2D eigenvalue weighted by Crippen LogP contribution is 2.26. The van der Waals surface area contributed by atoms with Gasteiger partial charge < -0.3 is 19.1 Å². The van der Waals surface area contributed by atoms with E-state index in [2.05, 4.69) is 20.7 Å². The number of carboxylic acid groups (broad SMARTS) is 1. The lowest BCUT2D eigenvalue weighted by atomic mass is 10.1. The zero-order chi connectivity index (χ0) is 24.2. The van der Waals surface area contributed by atoms with E-state index in [1.54, 1.807) is 25.1 Å². The first kappa shape index (κ1) is 24.4. The number of aromatic nitrogens is 1. The van der Waals surface area contributed by atoms with E-state index in [-0.39, 0.29) is 23.5 Å². The summed E-state index contributed by atoms with van der Waals surface area (Å²) in [6, 6.07) is 13.2. The summed E-state index contributed by atoms with van der Waals surface area (Å²) < 4.78 is 48.9. The quantitative estimate of drug-likeness (QED) is 0.429. The van der Waals surface area contributed by atoms with E-state index in [1.807, 2.05) is 0 Å². The largest absolute Gasteiger partial charge is 0.573 e. The summed E-state index contributed by atoms with van der Waals surface area (Å²) in [5.41, 5.74) is 2.04. The second-order valence-electron chi connectivity index (χ2n) is 7.14. The van der Waals surface area contributed by atoms with Crippen molar-refractivity contribution < 1.29 is 32.5 Å². The molecule has 0 aliphatic heterocycles. The standard InChI is InChI=1S/C23H19BrF3NO5/c1-14-11-19(24)21(29)28(10-9-15-5-7-16(8-6-15)22(30)31)20(14)13-32-17-3-2-4-18(12-17)33-23(25,26)27/h2-8,11-12H,9-10,13H2,1H3,(H,30,31). The second-order valence-corrected chi connectivity index (χ2v) is 8.00. The number of halogens is 4. The van der Waals surface area contributed by atoms with Gasteiger partial charge in [-0.3, -0.25) is 4.79 Å². The van der Waals surface area contributed by atoms with Gasteiger partial charge in [0.2, 0.25) is 0 Å². The SMILES string of the molecule is Cc1cc(Br)c(=O)n(CCc2ccc(C(=O)O)cc2)c1COc1cccc(OC(F)(F)F)c1. The molecule has 0 saturated heterocycles. The van der Waals surface area contributed by atoms with Crippen molar-refractivity contribution in [2.75, 3.05) is 0 Å². The van der Waals surface area contributed by atoms with Crippen LogP contribution in [0.1, 0.15) is 27.2 Å². The second kappa shape index (κ2) is 10.1. The fourth-order valence-electron chi connectivity index (χ4n) is 3.20. The predicted octanol–water partition coefficient (Wildman–Crippen LogP) is 5.34. The minimum atomic E-state index is -4.82. The summed E-state index contributed by atoms with van der Waals surface area (Å²) in [5, 5.41) is 9.02. The van der Waals surface area contributed by atoms with E-state index in [0.717, 1.165) is 23.3 Å². The van der Waals surface area contributed by atoms with Crippen LogP contribution in [0.2, 0.25) is 0 Å². The Labute approximate surface area is 195 Å². The summed E-state index contributed by atoms with van der Waals surface area (Å²) in [5.74, 6) is -1.28. The van der Waals surface area contributed by atoms with Gasteiger partial charge in [-0.1, -0.05) is 18.2 Å². The lowest BCUT2D eigenvalue weighted by Gasteiger charge is -2.17. The number of alkyl halides is 3. The van der Waals surface area contributed by atoms with Crippen LogP contribution in [0.15, 0.2) is 63.9 Å². The number of aromatic carboxylic acids is 1. The first-order valence-electron chi connectivity index (χ1n) is 9.73. The molecule has 0 aliphatic rings. The van der Waals surface area contributed by atoms with Gasteiger partial charge in [-0.2, -0.15) is 0 Å². The monoisotopic (exact) mass is 525 g/mol. The third-order valence-electron chi connectivity index (χ3n) is 4.81. The van der Waals surface area contributed by atoms with E-state index >= 15 is 0 Å². The topological polar surface area (TPSA) is 77.8 Å². The fraction of sp³-hybridized carbons (Fsp3) is 0.217. The van der Waals surface area contributed by atoms with Crippen molar-refractivity contribution >= 4 is 21.9 Å². The number of hydrogen-bond donors (Lipinski definition) is 1. The van der Waals surface area contributed by atoms with Crippen LogP contribution in [0.4, 0.5) is 13.2 Å². The molecule has 10 heteroatoms. The Kier molecular flexibility index (Phi) is 7.47. The number of carboxylic acids is 1. The molecule has 0 spiro atoms. The molecule has 1 N–H and O–H groups in total. The molecule has 2 aromatic carbocycles. The average molecular weight is 526 g/mol. The van der Waals surface area contributed by atoms with E-state index in [1.165, 1.54) is 28.8 Å². The van der Waals surface area contributed by atoms with Crippen LogP contribution in [0, 0.1) is 6.92 Å². The molecule has 0 aliphatic carbocycles. The van der Waals surface area contributed by atoms with Crippen molar-refractivity contribution in [3.63, 3.8) is 0 Å². The maximum Gasteiger partial charge on any atom is 0.573 e. The number of aryl methyl sites for hydroxylation is 2. The number of pyridine rings is 1. The molecular weight excluding hydrogens is 507 g/mol. The van der Waals surface area contributed by atoms with Gasteiger partial charge in [-0.25, -0.2) is 4.79 Å². The molecule has 33 heavy (non-hydrogen) atoms. The number of hydrogen-bond acceptors (Lipinski definition) is 4. The minimum absolute atomic E-state index is 0.0538. The molecule has 174 valence electrons. The van der Waals surface area contributed by atoms with Crippen LogP contribution in [0.5, 0.6) is 11.5 Å². The summed E-state index contributed by atoms with van der Waals surface area (Å²) in [4.78, 5) is 23.8. The van der Waals surface area contributed by atoms with Crippen molar-refractivity contribution in [1.82, 2.24) is 4.57 Å². The molecule has 0 radical (unpaired) electrons. The van der Waals surface area contributed by atoms with Gasteiger partial charge in [-0.15, -0.1) is 13.2 Å². The molecule has 3 aromatic rings. The molecule has 0 bridgehead atoms. The van der Waals surface area contributed by atoms with Gasteiger partial charge in [0, 0.05) is 12.6 Å². The Morgan fingerprint density at radius 2 is 1.76 bits per heavy atom. The third kappa shape index (κ3) is 6.61. The van der Waals surface area contributed by atoms with E-state index < -0.39 is 18.1 Å². The molecule has 1 heterocycles. The van der Waals surface area contributed by atoms with Crippen LogP contribution in [-0.2, 0) is 19.6 Å². The Morgan fingerprint density at radius 1 is 1.09 bits per heavy atom. The normalized spacial score (nSPS) is 11.3. The van der Waals surface area contributed by atoms with Gasteiger partial charge in [-0.05, 0) is 70.7 Å². The molecule has 0 saturated carbocycles. The average Bonchev–Trinajstić information content (AvgIpc) is 2.74. The fourth-order valence-corrected chi connectivity index (χ4v) is 3.75. The Morgan fingerprint density at radius 3 is 2.39 bits per heavy atom. The zero-order valence-electron chi connectivity index (χ0n) is 17.4. The summed E-state index contributed by atoms with van der Waals surface area (Å²) >= 11 is 3.25. The third-order valence-corrected chi connectivity index (χ3v) is 5.38. The van der Waals surface area contributed by atoms with Gasteiger partial charge in [0.25, 0.3) is 5.56 Å². The highest BCUT2D eigenvalue weighted by Gasteiger charge is 2.31. The molecule has 0 unspecified atom stereocenters. The van der Waals surface area contributed by atoms with Crippen molar-refractivity contribution in [1.29, 1.82) is 0 Å². The van der Waals surface area contributed by atoms with Gasteiger partial charge >= 0.3 is 12.3 Å². The highest BCUT2D eigenvalue weighted by molar-refractivity contribution is 9.10. The van der Waals surface area contributed by atoms with Crippen LogP contribution in [-0.4, -0.2) is 22.0 Å². The summed E-state index contributed by atoms with van der Waals surface area (Å²) in [7, 11) is 0. The van der Waals surface area contributed by atoms with Crippen LogP contribution in [0.25, 0.3) is 0 Å².